The summed E-state index contributed by atoms with van der Waals surface area (Å²) in [6.45, 7) is 10.6. The minimum Gasteiger partial charge on any atom is -0.320 e. The second-order valence-electron chi connectivity index (χ2n) is 6.34. The first-order valence-corrected chi connectivity index (χ1v) is 8.70. The zero-order valence-corrected chi connectivity index (χ0v) is 14.3. The van der Waals surface area contributed by atoms with Gasteiger partial charge in [-0.25, -0.2) is 0 Å². The molecule has 1 fully saturated rings. The number of rotatable bonds is 6. The third-order valence-electron chi connectivity index (χ3n) is 3.81. The molecule has 0 saturated carbocycles. The highest BCUT2D eigenvalue weighted by Gasteiger charge is 2.33. The number of nitrogens with zero attached hydrogens (tertiary/aromatic N) is 3. The Morgan fingerprint density at radius 1 is 1.15 bits per heavy atom. The van der Waals surface area contributed by atoms with E-state index in [1.165, 1.54) is 4.31 Å². The largest absolute Gasteiger partial charge is 0.320 e. The molecule has 0 aliphatic carbocycles. The van der Waals surface area contributed by atoms with Crippen molar-refractivity contribution in [3.8, 4) is 0 Å². The van der Waals surface area contributed by atoms with Crippen molar-refractivity contribution in [1.82, 2.24) is 18.8 Å². The lowest BCUT2D eigenvalue weighted by Crippen LogP contribution is -2.56. The van der Waals surface area contributed by atoms with Gasteiger partial charge in [0.2, 0.25) is 0 Å². The maximum atomic E-state index is 12.4. The van der Waals surface area contributed by atoms with Crippen molar-refractivity contribution in [1.29, 1.82) is 0 Å². The van der Waals surface area contributed by atoms with E-state index in [1.54, 1.807) is 11.4 Å². The van der Waals surface area contributed by atoms with Gasteiger partial charge >= 0.3 is 0 Å². The van der Waals surface area contributed by atoms with E-state index in [9.17, 15) is 8.42 Å². The molecule has 1 heterocycles. The third kappa shape index (κ3) is 4.66. The Hall–Kier alpha value is -0.210. The molecule has 0 unspecified atom stereocenters. The number of hydrogen-bond acceptors (Lipinski definition) is 4. The topological polar surface area (TPSA) is 55.9 Å². The van der Waals surface area contributed by atoms with Crippen LogP contribution in [-0.2, 0) is 10.2 Å². The Balaban J connectivity index is 2.54. The van der Waals surface area contributed by atoms with Crippen molar-refractivity contribution in [2.24, 2.45) is 0 Å². The van der Waals surface area contributed by atoms with E-state index in [2.05, 4.69) is 31.0 Å². The lowest BCUT2D eigenvalue weighted by atomic mass is 10.1. The Labute approximate surface area is 124 Å². The van der Waals surface area contributed by atoms with Crippen molar-refractivity contribution >= 4 is 10.2 Å². The van der Waals surface area contributed by atoms with Gasteiger partial charge in [0, 0.05) is 45.3 Å². The van der Waals surface area contributed by atoms with E-state index in [0.29, 0.717) is 19.6 Å². The van der Waals surface area contributed by atoms with Crippen LogP contribution in [0.1, 0.15) is 27.2 Å². The van der Waals surface area contributed by atoms with Gasteiger partial charge in [-0.05, 0) is 40.8 Å². The Kier molecular flexibility index (Phi) is 6.40. The molecule has 1 aliphatic rings. The van der Waals surface area contributed by atoms with Gasteiger partial charge in [-0.2, -0.15) is 17.0 Å². The summed E-state index contributed by atoms with van der Waals surface area (Å²) in [4.78, 5) is 2.33. The molecule has 0 spiro atoms. The maximum Gasteiger partial charge on any atom is 0.281 e. The molecule has 120 valence electrons. The van der Waals surface area contributed by atoms with E-state index >= 15 is 0 Å². The van der Waals surface area contributed by atoms with E-state index in [0.717, 1.165) is 26.1 Å². The summed E-state index contributed by atoms with van der Waals surface area (Å²) >= 11 is 0. The Bertz CT molecular complexity index is 384. The van der Waals surface area contributed by atoms with Gasteiger partial charge in [-0.15, -0.1) is 0 Å². The molecule has 6 nitrogen and oxygen atoms in total. The normalized spacial score (nSPS) is 19.7. The van der Waals surface area contributed by atoms with Crippen molar-refractivity contribution in [2.75, 3.05) is 53.4 Å². The molecule has 1 saturated heterocycles. The van der Waals surface area contributed by atoms with Crippen molar-refractivity contribution in [2.45, 2.75) is 32.7 Å². The summed E-state index contributed by atoms with van der Waals surface area (Å²) in [5.74, 6) is 0. The van der Waals surface area contributed by atoms with Crippen LogP contribution in [0.5, 0.6) is 0 Å². The fourth-order valence-corrected chi connectivity index (χ4v) is 3.76. The van der Waals surface area contributed by atoms with Crippen LogP contribution in [0.25, 0.3) is 0 Å². The molecule has 0 amide bonds. The highest BCUT2D eigenvalue weighted by atomic mass is 32.2. The zero-order chi connectivity index (χ0) is 15.4. The second-order valence-corrected chi connectivity index (χ2v) is 8.38. The van der Waals surface area contributed by atoms with Crippen LogP contribution in [0, 0.1) is 0 Å². The van der Waals surface area contributed by atoms with Crippen LogP contribution in [0.4, 0.5) is 0 Å². The highest BCUT2D eigenvalue weighted by Crippen LogP contribution is 2.18. The summed E-state index contributed by atoms with van der Waals surface area (Å²) in [5.41, 5.74) is 0.106. The van der Waals surface area contributed by atoms with Gasteiger partial charge in [0.15, 0.2) is 0 Å². The minimum atomic E-state index is -3.30. The SMILES string of the molecule is CNCCCN(C)S(=O)(=O)N1CCN(C(C)(C)C)CC1. The number of nitrogens with one attached hydrogen (secondary N) is 1. The van der Waals surface area contributed by atoms with Gasteiger partial charge in [-0.1, -0.05) is 0 Å². The molecule has 1 N–H and O–H groups in total. The lowest BCUT2D eigenvalue weighted by Gasteiger charge is -2.42. The van der Waals surface area contributed by atoms with Crippen molar-refractivity contribution in [3.05, 3.63) is 0 Å². The molecule has 7 heteroatoms. The quantitative estimate of drug-likeness (QED) is 0.712. The molecular weight excluding hydrogens is 276 g/mol. The van der Waals surface area contributed by atoms with Crippen molar-refractivity contribution in [3.63, 3.8) is 0 Å². The summed E-state index contributed by atoms with van der Waals surface area (Å²) in [5, 5.41) is 3.03. The standard InChI is InChI=1S/C13H30N4O2S/c1-13(2,3)16-9-11-17(12-10-16)20(18,19)15(5)8-6-7-14-4/h14H,6-12H2,1-5H3. The summed E-state index contributed by atoms with van der Waals surface area (Å²) in [6.07, 6.45) is 0.828. The van der Waals surface area contributed by atoms with E-state index < -0.39 is 10.2 Å². The predicted molar refractivity (Wildman–Crippen MR) is 83.0 cm³/mol. The summed E-state index contributed by atoms with van der Waals surface area (Å²) < 4.78 is 28.0. The smallest absolute Gasteiger partial charge is 0.281 e. The molecule has 0 aromatic carbocycles. The van der Waals surface area contributed by atoms with Gasteiger partial charge in [-0.3, -0.25) is 4.90 Å². The van der Waals surface area contributed by atoms with Crippen LogP contribution in [0.2, 0.25) is 0 Å². The zero-order valence-electron chi connectivity index (χ0n) is 13.5. The minimum absolute atomic E-state index is 0.106. The number of hydrogen-bond donors (Lipinski definition) is 1. The average Bonchev–Trinajstić information content (AvgIpc) is 2.38. The Morgan fingerprint density at radius 3 is 2.15 bits per heavy atom. The van der Waals surface area contributed by atoms with E-state index in [-0.39, 0.29) is 5.54 Å². The Morgan fingerprint density at radius 2 is 1.70 bits per heavy atom. The average molecular weight is 306 g/mol. The monoisotopic (exact) mass is 306 g/mol. The third-order valence-corrected chi connectivity index (χ3v) is 5.80. The molecule has 0 aromatic rings. The molecule has 20 heavy (non-hydrogen) atoms. The maximum absolute atomic E-state index is 12.4. The first-order valence-electron chi connectivity index (χ1n) is 7.30. The molecule has 0 atom stereocenters. The van der Waals surface area contributed by atoms with Gasteiger partial charge in [0.05, 0.1) is 0 Å². The first-order chi connectivity index (χ1) is 9.19. The molecule has 0 bridgehead atoms. The van der Waals surface area contributed by atoms with Crippen LogP contribution in [0.3, 0.4) is 0 Å². The van der Waals surface area contributed by atoms with Gasteiger partial charge in [0.25, 0.3) is 10.2 Å². The lowest BCUT2D eigenvalue weighted by molar-refractivity contribution is 0.0901. The van der Waals surface area contributed by atoms with E-state index in [4.69, 9.17) is 0 Å². The molecule has 1 aliphatic heterocycles. The second kappa shape index (κ2) is 7.17. The first kappa shape index (κ1) is 17.8. The number of piperazine rings is 1. The fourth-order valence-electron chi connectivity index (χ4n) is 2.38. The van der Waals surface area contributed by atoms with E-state index in [1.807, 2.05) is 7.05 Å². The van der Waals surface area contributed by atoms with Crippen LogP contribution in [-0.4, -0.2) is 80.8 Å². The summed E-state index contributed by atoms with van der Waals surface area (Å²) in [7, 11) is 0.244. The van der Waals surface area contributed by atoms with Crippen LogP contribution >= 0.6 is 0 Å². The van der Waals surface area contributed by atoms with Gasteiger partial charge < -0.3 is 5.32 Å². The molecular formula is C13H30N4O2S. The summed E-state index contributed by atoms with van der Waals surface area (Å²) in [6, 6.07) is 0. The van der Waals surface area contributed by atoms with Crippen LogP contribution < -0.4 is 5.32 Å². The molecule has 0 radical (unpaired) electrons. The molecule has 1 rings (SSSR count). The highest BCUT2D eigenvalue weighted by molar-refractivity contribution is 7.86. The fraction of sp³-hybridized carbons (Fsp3) is 1.00. The van der Waals surface area contributed by atoms with Crippen LogP contribution in [0.15, 0.2) is 0 Å². The van der Waals surface area contributed by atoms with Gasteiger partial charge in [0.1, 0.15) is 0 Å². The predicted octanol–water partition coefficient (Wildman–Crippen LogP) is 0.189. The van der Waals surface area contributed by atoms with Crippen molar-refractivity contribution < 1.29 is 8.42 Å². The molecule has 0 aromatic heterocycles.